The lowest BCUT2D eigenvalue weighted by atomic mass is 10.0. The van der Waals surface area contributed by atoms with E-state index >= 15 is 0 Å². The number of thiocarbonyl (C=S) groups is 1. The molecule has 196 valence electrons. The Kier molecular flexibility index (Phi) is 12.1. The molecule has 0 radical (unpaired) electrons. The van der Waals surface area contributed by atoms with Gasteiger partial charge in [-0.2, -0.15) is 0 Å². The molecule has 2 rings (SSSR count). The second kappa shape index (κ2) is 15.3. The SMILES string of the molecule is C=C(/C=C\C)/C(=C\C=C/C)CC(Nc1cccc(NC(=S)NC(=O)c2ccc(OC)c(OC)c2)c1)OC. The van der Waals surface area contributed by atoms with E-state index in [2.05, 4.69) is 22.5 Å². The second-order valence-corrected chi connectivity index (χ2v) is 8.28. The normalized spacial score (nSPS) is 12.3. The third-order valence-corrected chi connectivity index (χ3v) is 5.49. The van der Waals surface area contributed by atoms with E-state index in [0.29, 0.717) is 29.2 Å². The van der Waals surface area contributed by atoms with Crippen LogP contribution in [0, 0.1) is 0 Å². The minimum absolute atomic E-state index is 0.166. The standard InChI is InChI=1S/C29H35N3O4S/c1-7-9-12-21(20(3)11-8-2)18-27(36-6)30-23-13-10-14-24(19-23)31-29(37)32-28(33)22-15-16-25(34-4)26(17-22)35-5/h7-17,19,27,30H,3,18H2,1-2,4-6H3,(H2,31,32,33,37)/b9-7-,11-8-,21-12-. The molecule has 0 spiro atoms. The maximum Gasteiger partial charge on any atom is 0.257 e. The molecule has 8 heteroatoms. The Bertz CT molecular complexity index is 1190. The summed E-state index contributed by atoms with van der Waals surface area (Å²) in [5.41, 5.74) is 3.91. The van der Waals surface area contributed by atoms with E-state index in [9.17, 15) is 4.79 Å². The summed E-state index contributed by atoms with van der Waals surface area (Å²) in [6.45, 7) is 8.09. The number of hydrogen-bond acceptors (Lipinski definition) is 6. The minimum Gasteiger partial charge on any atom is -0.493 e. The van der Waals surface area contributed by atoms with Crippen LogP contribution in [-0.2, 0) is 4.74 Å². The van der Waals surface area contributed by atoms with Crippen LogP contribution in [0.25, 0.3) is 0 Å². The molecule has 0 saturated heterocycles. The third-order valence-electron chi connectivity index (χ3n) is 5.28. The Morgan fingerprint density at radius 2 is 1.76 bits per heavy atom. The van der Waals surface area contributed by atoms with E-state index < -0.39 is 0 Å². The predicted octanol–water partition coefficient (Wildman–Crippen LogP) is 6.24. The van der Waals surface area contributed by atoms with Crippen LogP contribution in [0.3, 0.4) is 0 Å². The van der Waals surface area contributed by atoms with Crippen molar-refractivity contribution in [1.29, 1.82) is 0 Å². The van der Waals surface area contributed by atoms with Gasteiger partial charge in [-0.15, -0.1) is 0 Å². The van der Waals surface area contributed by atoms with Crippen LogP contribution >= 0.6 is 12.2 Å². The van der Waals surface area contributed by atoms with Crippen molar-refractivity contribution in [1.82, 2.24) is 5.32 Å². The van der Waals surface area contributed by atoms with E-state index in [0.717, 1.165) is 16.8 Å². The molecule has 1 amide bonds. The number of amides is 1. The van der Waals surface area contributed by atoms with Crippen LogP contribution in [-0.4, -0.2) is 38.6 Å². The first-order chi connectivity index (χ1) is 17.8. The zero-order valence-electron chi connectivity index (χ0n) is 22.0. The van der Waals surface area contributed by atoms with Crippen LogP contribution in [0.1, 0.15) is 30.6 Å². The van der Waals surface area contributed by atoms with Crippen molar-refractivity contribution >= 4 is 34.6 Å². The number of rotatable bonds is 12. The maximum atomic E-state index is 12.7. The average Bonchev–Trinajstić information content (AvgIpc) is 2.90. The molecule has 0 saturated carbocycles. The van der Waals surface area contributed by atoms with Crippen molar-refractivity contribution in [2.45, 2.75) is 26.5 Å². The van der Waals surface area contributed by atoms with Crippen LogP contribution in [0.4, 0.5) is 11.4 Å². The molecular weight excluding hydrogens is 486 g/mol. The third kappa shape index (κ3) is 9.25. The van der Waals surface area contributed by atoms with Crippen molar-refractivity contribution < 1.29 is 19.0 Å². The highest BCUT2D eigenvalue weighted by Gasteiger charge is 2.14. The van der Waals surface area contributed by atoms with Gasteiger partial charge < -0.3 is 24.8 Å². The molecule has 3 N–H and O–H groups in total. The van der Waals surface area contributed by atoms with Gasteiger partial charge in [0.2, 0.25) is 0 Å². The minimum atomic E-state index is -0.367. The molecule has 1 atom stereocenters. The van der Waals surface area contributed by atoms with Gasteiger partial charge in [0.15, 0.2) is 16.6 Å². The first-order valence-electron chi connectivity index (χ1n) is 11.7. The molecular formula is C29H35N3O4S. The lowest BCUT2D eigenvalue weighted by Crippen LogP contribution is -2.34. The monoisotopic (exact) mass is 521 g/mol. The predicted molar refractivity (Wildman–Crippen MR) is 156 cm³/mol. The van der Waals surface area contributed by atoms with Gasteiger partial charge in [-0.25, -0.2) is 0 Å². The summed E-state index contributed by atoms with van der Waals surface area (Å²) >= 11 is 5.35. The van der Waals surface area contributed by atoms with Crippen LogP contribution in [0.5, 0.6) is 11.5 Å². The number of allylic oxidation sites excluding steroid dienone is 6. The largest absolute Gasteiger partial charge is 0.493 e. The first kappa shape index (κ1) is 29.4. The number of benzene rings is 2. The van der Waals surface area contributed by atoms with E-state index in [1.54, 1.807) is 25.3 Å². The van der Waals surface area contributed by atoms with Crippen molar-refractivity contribution in [3.05, 3.63) is 96.1 Å². The van der Waals surface area contributed by atoms with Crippen molar-refractivity contribution in [3.63, 3.8) is 0 Å². The molecule has 37 heavy (non-hydrogen) atoms. The molecule has 2 aromatic rings. The Labute approximate surface area is 224 Å². The summed E-state index contributed by atoms with van der Waals surface area (Å²) in [4.78, 5) is 12.7. The number of carbonyl (C=O) groups is 1. The van der Waals surface area contributed by atoms with E-state index in [-0.39, 0.29) is 17.2 Å². The van der Waals surface area contributed by atoms with Gasteiger partial charge in [0.25, 0.3) is 5.91 Å². The van der Waals surface area contributed by atoms with Gasteiger partial charge in [0.05, 0.1) is 14.2 Å². The Hall–Kier alpha value is -3.88. The molecule has 0 fully saturated rings. The van der Waals surface area contributed by atoms with Crippen molar-refractivity contribution in [2.24, 2.45) is 0 Å². The molecule has 2 aromatic carbocycles. The summed E-state index contributed by atoms with van der Waals surface area (Å²) in [5, 5.41) is 9.29. The van der Waals surface area contributed by atoms with Gasteiger partial charge in [-0.3, -0.25) is 10.1 Å². The molecule has 0 bridgehead atoms. The number of methoxy groups -OCH3 is 3. The maximum absolute atomic E-state index is 12.7. The number of nitrogens with one attached hydrogen (secondary N) is 3. The average molecular weight is 522 g/mol. The van der Waals surface area contributed by atoms with Crippen LogP contribution in [0.2, 0.25) is 0 Å². The van der Waals surface area contributed by atoms with E-state index in [1.165, 1.54) is 14.2 Å². The summed E-state index contributed by atoms with van der Waals surface area (Å²) in [7, 11) is 4.71. The summed E-state index contributed by atoms with van der Waals surface area (Å²) in [6.07, 6.45) is 10.3. The molecule has 0 aromatic heterocycles. The lowest BCUT2D eigenvalue weighted by molar-refractivity contribution is 0.0977. The zero-order valence-corrected chi connectivity index (χ0v) is 22.8. The fourth-order valence-electron chi connectivity index (χ4n) is 3.41. The van der Waals surface area contributed by atoms with Crippen LogP contribution < -0.4 is 25.4 Å². The molecule has 0 aliphatic rings. The van der Waals surface area contributed by atoms with Crippen molar-refractivity contribution in [2.75, 3.05) is 32.0 Å². The summed E-state index contributed by atoms with van der Waals surface area (Å²) in [5.74, 6) is 0.626. The van der Waals surface area contributed by atoms with Gasteiger partial charge in [0, 0.05) is 30.5 Å². The zero-order chi connectivity index (χ0) is 27.2. The lowest BCUT2D eigenvalue weighted by Gasteiger charge is -2.21. The van der Waals surface area contributed by atoms with Gasteiger partial charge in [-0.1, -0.05) is 43.0 Å². The second-order valence-electron chi connectivity index (χ2n) is 7.87. The number of ether oxygens (including phenoxy) is 3. The van der Waals surface area contributed by atoms with Gasteiger partial charge >= 0.3 is 0 Å². The molecule has 1 unspecified atom stereocenters. The summed E-state index contributed by atoms with van der Waals surface area (Å²) in [6, 6.07) is 12.4. The Balaban J connectivity index is 2.06. The van der Waals surface area contributed by atoms with Gasteiger partial charge in [-0.05, 0) is 73.6 Å². The van der Waals surface area contributed by atoms with Gasteiger partial charge in [0.1, 0.15) is 6.23 Å². The fraction of sp³-hybridized carbons (Fsp3) is 0.241. The molecule has 0 aliphatic heterocycles. The van der Waals surface area contributed by atoms with Crippen LogP contribution in [0.15, 0.2) is 90.6 Å². The number of hydrogen-bond donors (Lipinski definition) is 3. The topological polar surface area (TPSA) is 80.9 Å². The summed E-state index contributed by atoms with van der Waals surface area (Å²) < 4.78 is 16.2. The highest BCUT2D eigenvalue weighted by Crippen LogP contribution is 2.27. The van der Waals surface area contributed by atoms with E-state index in [1.807, 2.05) is 68.5 Å². The Morgan fingerprint density at radius 3 is 2.41 bits per heavy atom. The van der Waals surface area contributed by atoms with E-state index in [4.69, 9.17) is 26.4 Å². The molecule has 7 nitrogen and oxygen atoms in total. The van der Waals surface area contributed by atoms with Crippen molar-refractivity contribution in [3.8, 4) is 11.5 Å². The number of anilines is 2. The highest BCUT2D eigenvalue weighted by molar-refractivity contribution is 7.80. The highest BCUT2D eigenvalue weighted by atomic mass is 32.1. The first-order valence-corrected chi connectivity index (χ1v) is 12.1. The molecule has 0 heterocycles. The Morgan fingerprint density at radius 1 is 1.03 bits per heavy atom. The smallest absolute Gasteiger partial charge is 0.257 e. The molecule has 0 aliphatic carbocycles. The quantitative estimate of drug-likeness (QED) is 0.173. The fourth-order valence-corrected chi connectivity index (χ4v) is 3.62. The number of carbonyl (C=O) groups excluding carboxylic acids is 1.